The molecule has 0 aliphatic rings. The number of halogens is 2. The summed E-state index contributed by atoms with van der Waals surface area (Å²) in [6.45, 7) is 16.1. The third-order valence-electron chi connectivity index (χ3n) is 5.15. The van der Waals surface area contributed by atoms with Crippen molar-refractivity contribution in [3.63, 3.8) is 0 Å². The Kier molecular flexibility index (Phi) is 17.2. The van der Waals surface area contributed by atoms with Crippen molar-refractivity contribution in [2.45, 2.75) is 41.5 Å². The second-order valence-corrected chi connectivity index (χ2v) is 7.09. The number of aryl methyl sites for hydroxylation is 6. The van der Waals surface area contributed by atoms with Gasteiger partial charge in [0, 0.05) is 0 Å². The normalized spacial score (nSPS) is 8.83. The fraction of sp³-hybridized carbons (Fsp3) is 0.231. The van der Waals surface area contributed by atoms with E-state index in [2.05, 4.69) is 97.0 Å². The second-order valence-electron chi connectivity index (χ2n) is 7.09. The summed E-state index contributed by atoms with van der Waals surface area (Å²) in [5, 5.41) is 5.56. The first-order valence-corrected chi connectivity index (χ1v) is 13.1. The van der Waals surface area contributed by atoms with Crippen LogP contribution in [0.25, 0.3) is 21.5 Å². The zero-order valence-corrected chi connectivity index (χ0v) is 24.5. The maximum absolute atomic E-state index is 3.06. The van der Waals surface area contributed by atoms with E-state index in [0.717, 1.165) is 0 Å². The van der Waals surface area contributed by atoms with Crippen molar-refractivity contribution in [1.82, 2.24) is 0 Å². The van der Waals surface area contributed by atoms with Gasteiger partial charge in [0.15, 0.2) is 0 Å². The minimum absolute atomic E-state index is 0. The molecule has 0 fully saturated rings. The molecular weight excluding hydrogens is 503 g/mol. The molecular formula is C26H34Cl2SiZr-4. The van der Waals surface area contributed by atoms with Gasteiger partial charge in [-0.3, -0.25) is 0 Å². The van der Waals surface area contributed by atoms with Gasteiger partial charge in [-0.05, 0) is 27.7 Å². The van der Waals surface area contributed by atoms with Gasteiger partial charge in [0.25, 0.3) is 0 Å². The summed E-state index contributed by atoms with van der Waals surface area (Å²) in [6.07, 6.45) is 0. The van der Waals surface area contributed by atoms with Crippen LogP contribution in [0.15, 0.2) is 48.5 Å². The van der Waals surface area contributed by atoms with Crippen LogP contribution in [0.3, 0.4) is 0 Å². The molecule has 0 aromatic heterocycles. The van der Waals surface area contributed by atoms with E-state index in [1.54, 1.807) is 0 Å². The summed E-state index contributed by atoms with van der Waals surface area (Å²) in [6, 6.07) is 17.8. The molecule has 4 aromatic carbocycles. The van der Waals surface area contributed by atoms with Crippen LogP contribution in [0.1, 0.15) is 33.4 Å². The van der Waals surface area contributed by atoms with Crippen LogP contribution in [0.2, 0.25) is 0 Å². The number of rotatable bonds is 0. The quantitative estimate of drug-likeness (QED) is 0.157. The average Bonchev–Trinajstić information content (AvgIpc) is 3.20. The van der Waals surface area contributed by atoms with E-state index in [1.807, 2.05) is 0 Å². The third kappa shape index (κ3) is 7.79. The van der Waals surface area contributed by atoms with Crippen molar-refractivity contribution < 1.29 is 23.3 Å². The topological polar surface area (TPSA) is 0 Å². The van der Waals surface area contributed by atoms with E-state index in [0.29, 0.717) is 0 Å². The molecule has 4 heteroatoms. The predicted molar refractivity (Wildman–Crippen MR) is 141 cm³/mol. The molecule has 30 heavy (non-hydrogen) atoms. The van der Waals surface area contributed by atoms with Crippen molar-refractivity contribution in [1.29, 1.82) is 0 Å². The Hall–Kier alpha value is -0.660. The van der Waals surface area contributed by atoms with Crippen LogP contribution in [-0.2, 0) is 23.3 Å². The van der Waals surface area contributed by atoms with Gasteiger partial charge in [0.1, 0.15) is 0 Å². The molecule has 4 aromatic rings. The molecule has 0 nitrogen and oxygen atoms in total. The van der Waals surface area contributed by atoms with Gasteiger partial charge in [-0.25, -0.2) is 0 Å². The zero-order chi connectivity index (χ0) is 19.4. The van der Waals surface area contributed by atoms with Gasteiger partial charge >= 0.3 is 30.2 Å². The summed E-state index contributed by atoms with van der Waals surface area (Å²) >= 11 is 1.36. The number of hydrogen-bond donors (Lipinski definition) is 0. The summed E-state index contributed by atoms with van der Waals surface area (Å²) < 4.78 is 0. The van der Waals surface area contributed by atoms with E-state index in [4.69, 9.17) is 0 Å². The summed E-state index contributed by atoms with van der Waals surface area (Å²) in [7, 11) is 0. The average molecular weight is 537 g/mol. The van der Waals surface area contributed by atoms with E-state index < -0.39 is 0 Å². The molecule has 164 valence electrons. The molecule has 0 unspecified atom stereocenters. The minimum atomic E-state index is 0. The van der Waals surface area contributed by atoms with Crippen molar-refractivity contribution in [3.05, 3.63) is 96.8 Å². The molecule has 0 aliphatic heterocycles. The Bertz CT molecular complexity index is 960. The molecule has 0 N–H and O–H groups in total. The molecule has 0 bridgehead atoms. The Morgan fingerprint density at radius 3 is 1.20 bits per heavy atom. The Morgan fingerprint density at radius 1 is 0.600 bits per heavy atom. The van der Waals surface area contributed by atoms with Gasteiger partial charge in [-0.15, -0.1) is 93.9 Å². The van der Waals surface area contributed by atoms with E-state index in [9.17, 15) is 0 Å². The van der Waals surface area contributed by atoms with Crippen LogP contribution >= 0.6 is 24.8 Å². The van der Waals surface area contributed by atoms with Gasteiger partial charge in [-0.1, -0.05) is 36.1 Å². The molecule has 0 amide bonds. The van der Waals surface area contributed by atoms with Crippen molar-refractivity contribution in [2.24, 2.45) is 0 Å². The van der Waals surface area contributed by atoms with Crippen LogP contribution < -0.4 is 0 Å². The van der Waals surface area contributed by atoms with Crippen LogP contribution in [0.4, 0.5) is 0 Å². The van der Waals surface area contributed by atoms with Crippen LogP contribution in [0.5, 0.6) is 0 Å². The molecule has 0 atom stereocenters. The molecule has 0 heterocycles. The summed E-state index contributed by atoms with van der Waals surface area (Å²) in [5.41, 5.74) is 8.32. The van der Waals surface area contributed by atoms with Gasteiger partial charge in [0.05, 0.1) is 0 Å². The molecule has 0 saturated heterocycles. The van der Waals surface area contributed by atoms with E-state index in [-0.39, 0.29) is 39.7 Å². The first kappa shape index (κ1) is 34.0. The number of hydrogen-bond acceptors (Lipinski definition) is 0. The van der Waals surface area contributed by atoms with Gasteiger partial charge in [0.2, 0.25) is 0 Å². The van der Waals surface area contributed by atoms with Gasteiger partial charge in [-0.2, -0.15) is 12.1 Å². The number of benzene rings is 2. The zero-order valence-electron chi connectivity index (χ0n) is 19.4. The Morgan fingerprint density at radius 2 is 0.900 bits per heavy atom. The van der Waals surface area contributed by atoms with Crippen molar-refractivity contribution in [3.8, 4) is 0 Å². The van der Waals surface area contributed by atoms with E-state index >= 15 is 0 Å². The van der Waals surface area contributed by atoms with Crippen LogP contribution in [-0.4, -0.2) is 6.88 Å². The molecule has 0 saturated carbocycles. The Balaban J connectivity index is -0.000000400. The standard InChI is InChI=1S/2C12H13.2CH3.2ClH.Si.Zr/c2*1-8-6-11-5-4-9(2)10(3)12(11)7-8;;;;;;/h2*4-7H,1-3H3;2*1H3;2*1H;;/q4*-1;;;;. The van der Waals surface area contributed by atoms with Crippen molar-refractivity contribution >= 4 is 53.2 Å². The second kappa shape index (κ2) is 15.2. The first-order valence-electron chi connectivity index (χ1n) is 8.88. The van der Waals surface area contributed by atoms with E-state index in [1.165, 1.54) is 78.3 Å². The number of fused-ring (bicyclic) bond motifs is 2. The molecule has 4 rings (SSSR count). The maximum atomic E-state index is 3.06. The SMILES string of the molecule is Cc1cc2c(C)c(C)ccc2[cH-]1.Cc1cc2c(C)c(C)ccc2[cH-]1.Cl.Cl.[CH3-].[CH3-].[Si]=[Zr]. The third-order valence-corrected chi connectivity index (χ3v) is 5.15. The summed E-state index contributed by atoms with van der Waals surface area (Å²) in [4.78, 5) is 0. The molecule has 0 aliphatic carbocycles. The van der Waals surface area contributed by atoms with Gasteiger partial charge < -0.3 is 14.9 Å². The fourth-order valence-electron chi connectivity index (χ4n) is 3.38. The van der Waals surface area contributed by atoms with Crippen LogP contribution in [0, 0.1) is 56.4 Å². The summed E-state index contributed by atoms with van der Waals surface area (Å²) in [5.74, 6) is 0. The fourth-order valence-corrected chi connectivity index (χ4v) is 3.38. The molecule has 0 spiro atoms. The first-order chi connectivity index (χ1) is 12.4. The molecule has 2 radical (unpaired) electrons. The Labute approximate surface area is 213 Å². The van der Waals surface area contributed by atoms with Crippen molar-refractivity contribution in [2.75, 3.05) is 0 Å². The predicted octanol–water partition coefficient (Wildman–Crippen LogP) is 8.33. The monoisotopic (exact) mass is 534 g/mol.